The molecule has 26 heavy (non-hydrogen) atoms. The van der Waals surface area contributed by atoms with E-state index in [1.165, 1.54) is 6.07 Å². The van der Waals surface area contributed by atoms with E-state index in [1.807, 2.05) is 43.5 Å². The largest absolute Gasteiger partial charge is 0.303 e. The number of halogens is 1. The van der Waals surface area contributed by atoms with Gasteiger partial charge in [-0.2, -0.15) is 5.26 Å². The van der Waals surface area contributed by atoms with Gasteiger partial charge in [0.1, 0.15) is 11.5 Å². The van der Waals surface area contributed by atoms with Crippen molar-refractivity contribution in [3.63, 3.8) is 0 Å². The highest BCUT2D eigenvalue weighted by atomic mass is 19.1. The Hall–Kier alpha value is -3.45. The summed E-state index contributed by atoms with van der Waals surface area (Å²) in [6.45, 7) is 2.03. The number of benzene rings is 2. The Morgan fingerprint density at radius 1 is 1.08 bits per heavy atom. The molecule has 2 heterocycles. The summed E-state index contributed by atoms with van der Waals surface area (Å²) in [4.78, 5) is 4.78. The molecule has 0 unspecified atom stereocenters. The van der Waals surface area contributed by atoms with Gasteiger partial charge in [-0.15, -0.1) is 0 Å². The molecule has 4 heteroatoms. The zero-order valence-electron chi connectivity index (χ0n) is 14.3. The van der Waals surface area contributed by atoms with Crippen molar-refractivity contribution in [3.8, 4) is 17.3 Å². The fraction of sp³-hybridized carbons (Fsp3) is 0.0909. The topological polar surface area (TPSA) is 41.1 Å². The lowest BCUT2D eigenvalue weighted by molar-refractivity contribution is 0.626. The van der Waals surface area contributed by atoms with E-state index >= 15 is 0 Å². The van der Waals surface area contributed by atoms with Crippen molar-refractivity contribution in [1.29, 1.82) is 5.26 Å². The minimum Gasteiger partial charge on any atom is -0.303 e. The third-order valence-electron chi connectivity index (χ3n) is 4.41. The summed E-state index contributed by atoms with van der Waals surface area (Å²) < 4.78 is 15.7. The zero-order chi connectivity index (χ0) is 18.1. The second-order valence-electron chi connectivity index (χ2n) is 6.34. The molecule has 3 nitrogen and oxygen atoms in total. The van der Waals surface area contributed by atoms with E-state index in [2.05, 4.69) is 10.5 Å². The first kappa shape index (κ1) is 16.0. The molecule has 0 amide bonds. The van der Waals surface area contributed by atoms with E-state index in [9.17, 15) is 4.39 Å². The molecule has 4 rings (SSSR count). The Labute approximate surface area is 151 Å². The van der Waals surface area contributed by atoms with Gasteiger partial charge in [0.2, 0.25) is 0 Å². The number of hydrogen-bond donors (Lipinski definition) is 0. The highest BCUT2D eigenvalue weighted by Crippen LogP contribution is 2.27. The first-order valence-electron chi connectivity index (χ1n) is 8.36. The average molecular weight is 341 g/mol. The Morgan fingerprint density at radius 2 is 1.88 bits per heavy atom. The van der Waals surface area contributed by atoms with E-state index in [1.54, 1.807) is 24.3 Å². The Morgan fingerprint density at radius 3 is 2.62 bits per heavy atom. The quantitative estimate of drug-likeness (QED) is 0.531. The van der Waals surface area contributed by atoms with Gasteiger partial charge in [0.25, 0.3) is 0 Å². The van der Waals surface area contributed by atoms with Gasteiger partial charge in [-0.25, -0.2) is 9.37 Å². The Kier molecular flexibility index (Phi) is 3.98. The molecule has 0 saturated heterocycles. The fourth-order valence-corrected chi connectivity index (χ4v) is 3.14. The van der Waals surface area contributed by atoms with Crippen LogP contribution in [0.2, 0.25) is 0 Å². The smallest absolute Gasteiger partial charge is 0.137 e. The number of nitriles is 1. The number of pyridine rings is 1. The molecule has 2 aromatic heterocycles. The van der Waals surface area contributed by atoms with Crippen molar-refractivity contribution in [2.45, 2.75) is 13.3 Å². The van der Waals surface area contributed by atoms with Gasteiger partial charge in [-0.1, -0.05) is 30.3 Å². The molecule has 0 aliphatic heterocycles. The molecule has 0 fully saturated rings. The van der Waals surface area contributed by atoms with Gasteiger partial charge < -0.3 is 4.40 Å². The number of aromatic nitrogens is 2. The number of aryl methyl sites for hydroxylation is 1. The second-order valence-corrected chi connectivity index (χ2v) is 6.34. The Bertz CT molecular complexity index is 1130. The van der Waals surface area contributed by atoms with Crippen LogP contribution < -0.4 is 0 Å². The van der Waals surface area contributed by atoms with E-state index in [4.69, 9.17) is 10.2 Å². The summed E-state index contributed by atoms with van der Waals surface area (Å²) in [6, 6.07) is 20.2. The number of fused-ring (bicyclic) bond motifs is 1. The molecule has 0 aliphatic carbocycles. The van der Waals surface area contributed by atoms with Crippen molar-refractivity contribution in [1.82, 2.24) is 9.38 Å². The molecular weight excluding hydrogens is 325 g/mol. The molecule has 0 radical (unpaired) electrons. The summed E-state index contributed by atoms with van der Waals surface area (Å²) in [7, 11) is 0. The molecule has 4 aromatic rings. The van der Waals surface area contributed by atoms with Crippen LogP contribution in [0.25, 0.3) is 16.9 Å². The van der Waals surface area contributed by atoms with Crippen molar-refractivity contribution < 1.29 is 4.39 Å². The van der Waals surface area contributed by atoms with Crippen molar-refractivity contribution >= 4 is 5.65 Å². The SMILES string of the molecule is Cc1ccc2nc(-c3ccc(C#N)cc3)c(Cc3cccc(F)c3)n2c1. The summed E-state index contributed by atoms with van der Waals surface area (Å²) in [6.07, 6.45) is 2.61. The second kappa shape index (κ2) is 6.45. The van der Waals surface area contributed by atoms with Crippen LogP contribution in [0.5, 0.6) is 0 Å². The molecule has 0 N–H and O–H groups in total. The number of hydrogen-bond acceptors (Lipinski definition) is 2. The van der Waals surface area contributed by atoms with Gasteiger partial charge in [0.15, 0.2) is 0 Å². The standard InChI is InChI=1S/C22H16FN3/c1-15-5-10-21-25-22(18-8-6-16(13-24)7-9-18)20(26(21)14-15)12-17-3-2-4-19(23)11-17/h2-11,14H,12H2,1H3. The van der Waals surface area contributed by atoms with E-state index in [-0.39, 0.29) is 5.82 Å². The summed E-state index contributed by atoms with van der Waals surface area (Å²) >= 11 is 0. The molecular formula is C22H16FN3. The average Bonchev–Trinajstić information content (AvgIpc) is 2.99. The van der Waals surface area contributed by atoms with Gasteiger partial charge >= 0.3 is 0 Å². The number of nitrogens with zero attached hydrogens (tertiary/aromatic N) is 3. The molecule has 0 aliphatic rings. The third kappa shape index (κ3) is 2.96. The lowest BCUT2D eigenvalue weighted by atomic mass is 10.0. The third-order valence-corrected chi connectivity index (χ3v) is 4.41. The molecule has 0 bridgehead atoms. The highest BCUT2D eigenvalue weighted by Gasteiger charge is 2.15. The van der Waals surface area contributed by atoms with E-state index in [0.29, 0.717) is 12.0 Å². The van der Waals surface area contributed by atoms with Crippen LogP contribution in [-0.2, 0) is 6.42 Å². The van der Waals surface area contributed by atoms with Gasteiger partial charge in [0, 0.05) is 18.2 Å². The van der Waals surface area contributed by atoms with Crippen LogP contribution in [0.15, 0.2) is 66.9 Å². The molecule has 2 aromatic carbocycles. The molecule has 0 spiro atoms. The minimum atomic E-state index is -0.243. The zero-order valence-corrected chi connectivity index (χ0v) is 14.3. The van der Waals surface area contributed by atoms with Gasteiger partial charge in [-0.3, -0.25) is 0 Å². The number of rotatable bonds is 3. The highest BCUT2D eigenvalue weighted by molar-refractivity contribution is 5.68. The monoisotopic (exact) mass is 341 g/mol. The van der Waals surface area contributed by atoms with Crippen molar-refractivity contribution in [3.05, 3.63) is 95.1 Å². The van der Waals surface area contributed by atoms with Crippen LogP contribution in [0.3, 0.4) is 0 Å². The van der Waals surface area contributed by atoms with Gasteiger partial charge in [0.05, 0.1) is 23.0 Å². The predicted molar refractivity (Wildman–Crippen MR) is 99.3 cm³/mol. The lowest BCUT2D eigenvalue weighted by Crippen LogP contribution is -1.98. The summed E-state index contributed by atoms with van der Waals surface area (Å²) in [5.74, 6) is -0.243. The maximum absolute atomic E-state index is 13.6. The van der Waals surface area contributed by atoms with Crippen LogP contribution in [0.4, 0.5) is 4.39 Å². The summed E-state index contributed by atoms with van der Waals surface area (Å²) in [5, 5.41) is 9.01. The van der Waals surface area contributed by atoms with Crippen LogP contribution in [0.1, 0.15) is 22.4 Å². The van der Waals surface area contributed by atoms with E-state index in [0.717, 1.165) is 33.7 Å². The first-order valence-corrected chi connectivity index (χ1v) is 8.36. The van der Waals surface area contributed by atoms with Crippen LogP contribution in [-0.4, -0.2) is 9.38 Å². The van der Waals surface area contributed by atoms with Gasteiger partial charge in [-0.05, 0) is 48.4 Å². The Balaban J connectivity index is 1.89. The maximum Gasteiger partial charge on any atom is 0.137 e. The lowest BCUT2D eigenvalue weighted by Gasteiger charge is -2.07. The predicted octanol–water partition coefficient (Wildman–Crippen LogP) is 4.91. The van der Waals surface area contributed by atoms with E-state index < -0.39 is 0 Å². The maximum atomic E-state index is 13.6. The molecule has 0 saturated carbocycles. The van der Waals surface area contributed by atoms with Crippen molar-refractivity contribution in [2.75, 3.05) is 0 Å². The minimum absolute atomic E-state index is 0.243. The fourth-order valence-electron chi connectivity index (χ4n) is 3.14. The van der Waals surface area contributed by atoms with Crippen LogP contribution in [0, 0.1) is 24.1 Å². The number of imidazole rings is 1. The molecule has 126 valence electrons. The normalized spacial score (nSPS) is 10.8. The van der Waals surface area contributed by atoms with Crippen molar-refractivity contribution in [2.24, 2.45) is 0 Å². The van der Waals surface area contributed by atoms with Crippen LogP contribution >= 0.6 is 0 Å². The molecule has 0 atom stereocenters. The first-order chi connectivity index (χ1) is 12.6. The summed E-state index contributed by atoms with van der Waals surface area (Å²) in [5.41, 5.74) is 6.27.